The lowest BCUT2D eigenvalue weighted by Gasteiger charge is -2.24. The number of benzene rings is 2. The molecule has 1 atom stereocenters. The van der Waals surface area contributed by atoms with Gasteiger partial charge in [0.25, 0.3) is 0 Å². The van der Waals surface area contributed by atoms with E-state index in [1.807, 2.05) is 0 Å². The molecular formula is C24H26Cl2F2N4O4S. The summed E-state index contributed by atoms with van der Waals surface area (Å²) in [5.74, 6) is -1.48. The monoisotopic (exact) mass is 574 g/mol. The Morgan fingerprint density at radius 1 is 1.19 bits per heavy atom. The molecule has 1 unspecified atom stereocenters. The van der Waals surface area contributed by atoms with Gasteiger partial charge in [-0.25, -0.2) is 23.4 Å². The lowest BCUT2D eigenvalue weighted by molar-refractivity contribution is 0.0301. The zero-order chi connectivity index (χ0) is 27.5. The normalized spacial score (nSPS) is 12.2. The first-order chi connectivity index (χ1) is 17.2. The molecule has 0 aliphatic rings. The van der Waals surface area contributed by atoms with Crippen LogP contribution in [0.15, 0.2) is 24.3 Å². The van der Waals surface area contributed by atoms with Crippen LogP contribution in [0.5, 0.6) is 5.75 Å². The maximum atomic E-state index is 14.7. The minimum absolute atomic E-state index is 0.110. The first kappa shape index (κ1) is 28.7. The van der Waals surface area contributed by atoms with Crippen molar-refractivity contribution in [2.75, 3.05) is 25.5 Å². The van der Waals surface area contributed by atoms with Gasteiger partial charge in [-0.2, -0.15) is 0 Å². The predicted octanol–water partition coefficient (Wildman–Crippen LogP) is 7.01. The number of hydrogen-bond donors (Lipinski definition) is 2. The van der Waals surface area contributed by atoms with E-state index < -0.39 is 35.5 Å². The number of fused-ring (bicyclic) bond motifs is 1. The van der Waals surface area contributed by atoms with Gasteiger partial charge in [0.15, 0.2) is 16.7 Å². The number of ether oxygens (including phenoxy) is 2. The van der Waals surface area contributed by atoms with E-state index in [0.29, 0.717) is 10.2 Å². The molecule has 3 aromatic rings. The number of amides is 3. The number of rotatable bonds is 7. The third-order valence-corrected chi connectivity index (χ3v) is 6.54. The van der Waals surface area contributed by atoms with E-state index in [1.54, 1.807) is 34.7 Å². The Morgan fingerprint density at radius 2 is 1.89 bits per heavy atom. The van der Waals surface area contributed by atoms with Crippen LogP contribution in [0.25, 0.3) is 10.2 Å². The highest BCUT2D eigenvalue weighted by Gasteiger charge is 2.22. The molecule has 0 spiro atoms. The van der Waals surface area contributed by atoms with Gasteiger partial charge < -0.3 is 19.7 Å². The van der Waals surface area contributed by atoms with Gasteiger partial charge in [0.2, 0.25) is 0 Å². The molecule has 0 aliphatic carbocycles. The third kappa shape index (κ3) is 7.56. The van der Waals surface area contributed by atoms with Gasteiger partial charge in [0.05, 0.1) is 15.2 Å². The minimum atomic E-state index is -0.849. The molecule has 13 heteroatoms. The van der Waals surface area contributed by atoms with E-state index in [0.717, 1.165) is 17.4 Å². The second kappa shape index (κ2) is 11.7. The Labute approximate surface area is 226 Å². The fraction of sp³-hybridized carbons (Fsp3) is 0.375. The number of thiazole rings is 1. The van der Waals surface area contributed by atoms with E-state index in [-0.39, 0.29) is 39.6 Å². The van der Waals surface area contributed by atoms with Crippen molar-refractivity contribution < 1.29 is 27.8 Å². The molecule has 0 aliphatic heterocycles. The van der Waals surface area contributed by atoms with Crippen LogP contribution >= 0.6 is 34.5 Å². The van der Waals surface area contributed by atoms with Crippen molar-refractivity contribution in [1.29, 1.82) is 0 Å². The van der Waals surface area contributed by atoms with Crippen LogP contribution < -0.4 is 15.4 Å². The molecular weight excluding hydrogens is 549 g/mol. The average Bonchev–Trinajstić information content (AvgIpc) is 3.16. The third-order valence-electron chi connectivity index (χ3n) is 4.89. The zero-order valence-corrected chi connectivity index (χ0v) is 23.1. The number of likely N-dealkylation sites (N-methyl/N-ethyl adjacent to an activating group) is 1. The number of halogens is 4. The van der Waals surface area contributed by atoms with Gasteiger partial charge in [-0.1, -0.05) is 34.5 Å². The first-order valence-corrected chi connectivity index (χ1v) is 12.7. The number of aromatic nitrogens is 1. The summed E-state index contributed by atoms with van der Waals surface area (Å²) in [6.07, 6.45) is -1.35. The van der Waals surface area contributed by atoms with E-state index in [4.69, 9.17) is 32.7 Å². The summed E-state index contributed by atoms with van der Waals surface area (Å²) in [7, 11) is 1.56. The van der Waals surface area contributed by atoms with Crippen molar-refractivity contribution in [3.8, 4) is 5.75 Å². The molecule has 0 bridgehead atoms. The average molecular weight is 575 g/mol. The van der Waals surface area contributed by atoms with Crippen LogP contribution in [0.1, 0.15) is 39.4 Å². The molecule has 2 N–H and O–H groups in total. The highest BCUT2D eigenvalue weighted by atomic mass is 35.5. The van der Waals surface area contributed by atoms with Gasteiger partial charge in [-0.05, 0) is 39.8 Å². The molecule has 3 rings (SSSR count). The molecule has 1 aromatic heterocycles. The van der Waals surface area contributed by atoms with E-state index in [1.165, 1.54) is 23.1 Å². The lowest BCUT2D eigenvalue weighted by Crippen LogP contribution is -2.40. The van der Waals surface area contributed by atoms with E-state index >= 15 is 0 Å². The fourth-order valence-corrected chi connectivity index (χ4v) is 4.70. The van der Waals surface area contributed by atoms with Crippen LogP contribution in [0.3, 0.4) is 0 Å². The van der Waals surface area contributed by atoms with Gasteiger partial charge >= 0.3 is 12.1 Å². The Kier molecular flexibility index (Phi) is 9.04. The Bertz CT molecular complexity index is 1320. The smallest absolute Gasteiger partial charge is 0.410 e. The van der Waals surface area contributed by atoms with Gasteiger partial charge in [-0.3, -0.25) is 5.32 Å². The summed E-state index contributed by atoms with van der Waals surface area (Å²) in [6, 6.07) is 4.53. The lowest BCUT2D eigenvalue weighted by atomic mass is 10.1. The number of urea groups is 1. The highest BCUT2D eigenvalue weighted by Crippen LogP contribution is 2.37. The molecule has 0 radical (unpaired) electrons. The number of anilines is 1. The van der Waals surface area contributed by atoms with E-state index in [2.05, 4.69) is 15.6 Å². The SMILES string of the molecule is CC(Oc1cc2sc(NC(=O)NCCN(C)C(=O)OC(C)(C)C)nc2cc1F)c1c(Cl)ccc(F)c1Cl. The second-order valence-electron chi connectivity index (χ2n) is 9.07. The number of nitrogens with zero attached hydrogens (tertiary/aromatic N) is 2. The summed E-state index contributed by atoms with van der Waals surface area (Å²) in [6.45, 7) is 7.26. The van der Waals surface area contributed by atoms with Crippen LogP contribution in [0.4, 0.5) is 23.5 Å². The summed E-state index contributed by atoms with van der Waals surface area (Å²) in [5.41, 5.74) is -0.113. The predicted molar refractivity (Wildman–Crippen MR) is 141 cm³/mol. The molecule has 0 fully saturated rings. The van der Waals surface area contributed by atoms with Crippen LogP contribution in [-0.2, 0) is 4.74 Å². The van der Waals surface area contributed by atoms with Crippen LogP contribution in [-0.4, -0.2) is 47.7 Å². The van der Waals surface area contributed by atoms with Crippen molar-refractivity contribution >= 4 is 62.0 Å². The summed E-state index contributed by atoms with van der Waals surface area (Å²) in [4.78, 5) is 29.8. The fourth-order valence-electron chi connectivity index (χ4n) is 3.15. The summed E-state index contributed by atoms with van der Waals surface area (Å²) < 4.78 is 40.1. The zero-order valence-electron chi connectivity index (χ0n) is 20.7. The maximum Gasteiger partial charge on any atom is 0.410 e. The van der Waals surface area contributed by atoms with Crippen LogP contribution in [0, 0.1) is 11.6 Å². The van der Waals surface area contributed by atoms with Crippen molar-refractivity contribution in [3.63, 3.8) is 0 Å². The van der Waals surface area contributed by atoms with Crippen LogP contribution in [0.2, 0.25) is 10.0 Å². The summed E-state index contributed by atoms with van der Waals surface area (Å²) >= 11 is 13.3. The molecule has 37 heavy (non-hydrogen) atoms. The molecule has 2 aromatic carbocycles. The first-order valence-electron chi connectivity index (χ1n) is 11.1. The molecule has 200 valence electrons. The van der Waals surface area contributed by atoms with Gasteiger partial charge in [0.1, 0.15) is 17.5 Å². The Balaban J connectivity index is 1.62. The second-order valence-corrected chi connectivity index (χ2v) is 10.9. The van der Waals surface area contributed by atoms with Crippen molar-refractivity contribution in [1.82, 2.24) is 15.2 Å². The topological polar surface area (TPSA) is 92.8 Å². The number of carbonyl (C=O) groups excluding carboxylic acids is 2. The van der Waals surface area contributed by atoms with Crippen molar-refractivity contribution in [3.05, 3.63) is 51.5 Å². The van der Waals surface area contributed by atoms with Crippen molar-refractivity contribution in [2.45, 2.75) is 39.4 Å². The van der Waals surface area contributed by atoms with Gasteiger partial charge in [-0.15, -0.1) is 0 Å². The molecule has 8 nitrogen and oxygen atoms in total. The summed E-state index contributed by atoms with van der Waals surface area (Å²) in [5, 5.41) is 5.42. The number of nitrogens with one attached hydrogen (secondary N) is 2. The van der Waals surface area contributed by atoms with Crippen molar-refractivity contribution in [2.24, 2.45) is 0 Å². The largest absolute Gasteiger partial charge is 0.483 e. The quantitative estimate of drug-likeness (QED) is 0.296. The minimum Gasteiger partial charge on any atom is -0.483 e. The number of carbonyl (C=O) groups is 2. The van der Waals surface area contributed by atoms with E-state index in [9.17, 15) is 18.4 Å². The molecule has 1 heterocycles. The molecule has 3 amide bonds. The number of hydrogen-bond acceptors (Lipinski definition) is 6. The maximum absolute atomic E-state index is 14.7. The van der Waals surface area contributed by atoms with Gasteiger partial charge in [0, 0.05) is 42.9 Å². The molecule has 0 saturated carbocycles. The Hall–Kier alpha value is -2.89. The Morgan fingerprint density at radius 3 is 2.57 bits per heavy atom. The molecule has 0 saturated heterocycles. The standard InChI is InChI=1S/C24H26Cl2F2N4O4S/c1-12(19-13(25)6-7-14(27)20(19)26)35-17-11-18-16(10-15(17)28)30-22(37-18)31-21(33)29-8-9-32(5)23(34)36-24(2,3)4/h6-7,10-12H,8-9H2,1-5H3,(H2,29,30,31,33). The highest BCUT2D eigenvalue weighted by molar-refractivity contribution is 7.22.